The first-order valence-corrected chi connectivity index (χ1v) is 8.75. The van der Waals surface area contributed by atoms with Gasteiger partial charge in [-0.3, -0.25) is 0 Å². The highest BCUT2D eigenvalue weighted by molar-refractivity contribution is 5.40. The molecule has 0 amide bonds. The molecule has 0 aliphatic rings. The first-order valence-electron chi connectivity index (χ1n) is 8.75. The lowest BCUT2D eigenvalue weighted by atomic mass is 9.95. The van der Waals surface area contributed by atoms with Crippen molar-refractivity contribution in [1.29, 1.82) is 0 Å². The second kappa shape index (κ2) is 8.62. The van der Waals surface area contributed by atoms with E-state index in [9.17, 15) is 15.3 Å². The standard InChI is InChI=1S/C21H28O3/c1-15(7-9-18-11-12-19(22)21(24)14-18)5-3-4-6-17-10-8-16(2)20(23)13-17/h8,10-15,22-24H,3-7,9H2,1-2H3/t15-/m0/s1. The van der Waals surface area contributed by atoms with Gasteiger partial charge in [-0.25, -0.2) is 0 Å². The average Bonchev–Trinajstić information content (AvgIpc) is 2.56. The molecule has 3 heteroatoms. The fraction of sp³-hybridized carbons (Fsp3) is 0.429. The van der Waals surface area contributed by atoms with Crippen LogP contribution in [-0.2, 0) is 12.8 Å². The topological polar surface area (TPSA) is 60.7 Å². The zero-order valence-corrected chi connectivity index (χ0v) is 14.6. The van der Waals surface area contributed by atoms with E-state index in [-0.39, 0.29) is 11.5 Å². The highest BCUT2D eigenvalue weighted by atomic mass is 16.3. The van der Waals surface area contributed by atoms with Crippen LogP contribution in [-0.4, -0.2) is 15.3 Å². The SMILES string of the molecule is Cc1ccc(CCCC[C@H](C)CCc2ccc(O)c(O)c2)cc1O. The molecule has 2 aromatic rings. The zero-order valence-electron chi connectivity index (χ0n) is 14.6. The van der Waals surface area contributed by atoms with Crippen LogP contribution in [0.2, 0.25) is 0 Å². The van der Waals surface area contributed by atoms with Gasteiger partial charge in [0.2, 0.25) is 0 Å². The average molecular weight is 328 g/mol. The van der Waals surface area contributed by atoms with Gasteiger partial charge in [-0.2, -0.15) is 0 Å². The summed E-state index contributed by atoms with van der Waals surface area (Å²) in [6.45, 7) is 4.17. The summed E-state index contributed by atoms with van der Waals surface area (Å²) in [4.78, 5) is 0. The van der Waals surface area contributed by atoms with Crippen molar-refractivity contribution in [2.24, 2.45) is 5.92 Å². The normalized spacial score (nSPS) is 12.2. The van der Waals surface area contributed by atoms with Gasteiger partial charge in [0.1, 0.15) is 5.75 Å². The lowest BCUT2D eigenvalue weighted by molar-refractivity contribution is 0.402. The minimum atomic E-state index is -0.0612. The van der Waals surface area contributed by atoms with Crippen molar-refractivity contribution in [1.82, 2.24) is 0 Å². The first kappa shape index (κ1) is 18.2. The Balaban J connectivity index is 1.66. The number of unbranched alkanes of at least 4 members (excludes halogenated alkanes) is 1. The van der Waals surface area contributed by atoms with Crippen LogP contribution >= 0.6 is 0 Å². The van der Waals surface area contributed by atoms with Crippen LogP contribution < -0.4 is 0 Å². The predicted molar refractivity (Wildman–Crippen MR) is 97.7 cm³/mol. The summed E-state index contributed by atoms with van der Waals surface area (Å²) in [6.07, 6.45) is 6.49. The maximum absolute atomic E-state index is 9.73. The van der Waals surface area contributed by atoms with E-state index < -0.39 is 0 Å². The molecule has 2 aromatic carbocycles. The number of aryl methyl sites for hydroxylation is 3. The summed E-state index contributed by atoms with van der Waals surface area (Å²) in [5.41, 5.74) is 3.19. The van der Waals surface area contributed by atoms with Crippen LogP contribution in [0, 0.1) is 12.8 Å². The molecule has 0 aliphatic heterocycles. The van der Waals surface area contributed by atoms with Crippen molar-refractivity contribution >= 4 is 0 Å². The summed E-state index contributed by atoms with van der Waals surface area (Å²) in [5, 5.41) is 28.6. The second-order valence-electron chi connectivity index (χ2n) is 6.83. The predicted octanol–water partition coefficient (Wildman–Crippen LogP) is 5.09. The number of aromatic hydroxyl groups is 3. The Labute approximate surface area is 144 Å². The van der Waals surface area contributed by atoms with Gasteiger partial charge >= 0.3 is 0 Å². The Hall–Kier alpha value is -2.16. The minimum absolute atomic E-state index is 0.0403. The minimum Gasteiger partial charge on any atom is -0.508 e. The van der Waals surface area contributed by atoms with Gasteiger partial charge in [0.05, 0.1) is 0 Å². The van der Waals surface area contributed by atoms with Crippen LogP contribution in [0.3, 0.4) is 0 Å². The van der Waals surface area contributed by atoms with Crippen LogP contribution in [0.4, 0.5) is 0 Å². The van der Waals surface area contributed by atoms with Crippen LogP contribution in [0.1, 0.15) is 49.3 Å². The number of hydrogen-bond donors (Lipinski definition) is 3. The van der Waals surface area contributed by atoms with E-state index in [2.05, 4.69) is 13.0 Å². The lowest BCUT2D eigenvalue weighted by Gasteiger charge is -2.12. The molecular weight excluding hydrogens is 300 g/mol. The van der Waals surface area contributed by atoms with E-state index in [0.29, 0.717) is 11.7 Å². The summed E-state index contributed by atoms with van der Waals surface area (Å²) >= 11 is 0. The van der Waals surface area contributed by atoms with Crippen molar-refractivity contribution in [3.8, 4) is 17.2 Å². The summed E-state index contributed by atoms with van der Waals surface area (Å²) in [6, 6.07) is 11.0. The number of phenolic OH excluding ortho intramolecular Hbond substituents is 3. The molecule has 3 N–H and O–H groups in total. The summed E-state index contributed by atoms with van der Waals surface area (Å²) in [7, 11) is 0. The van der Waals surface area contributed by atoms with Crippen LogP contribution in [0.5, 0.6) is 17.2 Å². The number of rotatable bonds is 8. The maximum Gasteiger partial charge on any atom is 0.157 e. The van der Waals surface area contributed by atoms with Gasteiger partial charge in [0, 0.05) is 0 Å². The summed E-state index contributed by atoms with van der Waals surface area (Å²) < 4.78 is 0. The van der Waals surface area contributed by atoms with Crippen LogP contribution in [0.15, 0.2) is 36.4 Å². The smallest absolute Gasteiger partial charge is 0.157 e. The lowest BCUT2D eigenvalue weighted by Crippen LogP contribution is -1.98. The van der Waals surface area contributed by atoms with Gasteiger partial charge in [-0.15, -0.1) is 0 Å². The molecule has 130 valence electrons. The Morgan fingerprint density at radius 1 is 0.750 bits per heavy atom. The highest BCUT2D eigenvalue weighted by Gasteiger charge is 2.06. The molecule has 0 radical (unpaired) electrons. The molecule has 3 nitrogen and oxygen atoms in total. The van der Waals surface area contributed by atoms with Gasteiger partial charge < -0.3 is 15.3 Å². The van der Waals surface area contributed by atoms with Gasteiger partial charge in [0.25, 0.3) is 0 Å². The third-order valence-electron chi connectivity index (χ3n) is 4.65. The fourth-order valence-corrected chi connectivity index (χ4v) is 2.91. The zero-order chi connectivity index (χ0) is 17.5. The number of phenols is 3. The molecule has 0 saturated heterocycles. The van der Waals surface area contributed by atoms with E-state index in [1.54, 1.807) is 12.1 Å². The molecule has 0 spiro atoms. The summed E-state index contributed by atoms with van der Waals surface area (Å²) in [5.74, 6) is 0.917. The molecule has 0 bridgehead atoms. The van der Waals surface area contributed by atoms with Gasteiger partial charge in [-0.05, 0) is 73.4 Å². The Morgan fingerprint density at radius 3 is 2.12 bits per heavy atom. The van der Waals surface area contributed by atoms with E-state index in [1.165, 1.54) is 18.4 Å². The third-order valence-corrected chi connectivity index (χ3v) is 4.65. The van der Waals surface area contributed by atoms with E-state index >= 15 is 0 Å². The van der Waals surface area contributed by atoms with Crippen molar-refractivity contribution in [3.05, 3.63) is 53.1 Å². The molecule has 1 atom stereocenters. The maximum atomic E-state index is 9.73. The molecule has 0 heterocycles. The fourth-order valence-electron chi connectivity index (χ4n) is 2.91. The largest absolute Gasteiger partial charge is 0.508 e. The Kier molecular flexibility index (Phi) is 6.53. The van der Waals surface area contributed by atoms with Crippen molar-refractivity contribution in [2.45, 2.75) is 52.4 Å². The van der Waals surface area contributed by atoms with Crippen molar-refractivity contribution in [2.75, 3.05) is 0 Å². The monoisotopic (exact) mass is 328 g/mol. The molecule has 0 unspecified atom stereocenters. The molecule has 24 heavy (non-hydrogen) atoms. The van der Waals surface area contributed by atoms with Crippen molar-refractivity contribution in [3.63, 3.8) is 0 Å². The Bertz CT molecular complexity index is 664. The van der Waals surface area contributed by atoms with Gasteiger partial charge in [0.15, 0.2) is 11.5 Å². The molecule has 0 fully saturated rings. The van der Waals surface area contributed by atoms with Crippen LogP contribution in [0.25, 0.3) is 0 Å². The number of hydrogen-bond acceptors (Lipinski definition) is 3. The molecule has 2 rings (SSSR count). The third kappa shape index (κ3) is 5.48. The quantitative estimate of drug-likeness (QED) is 0.467. The van der Waals surface area contributed by atoms with Crippen molar-refractivity contribution < 1.29 is 15.3 Å². The molecular formula is C21H28O3. The molecule has 0 aromatic heterocycles. The molecule has 0 saturated carbocycles. The van der Waals surface area contributed by atoms with E-state index in [1.807, 2.05) is 25.1 Å². The van der Waals surface area contributed by atoms with E-state index in [4.69, 9.17) is 0 Å². The van der Waals surface area contributed by atoms with Gasteiger partial charge in [-0.1, -0.05) is 38.0 Å². The van der Waals surface area contributed by atoms with E-state index in [0.717, 1.165) is 36.8 Å². The first-order chi connectivity index (χ1) is 11.5. The second-order valence-corrected chi connectivity index (χ2v) is 6.83. The highest BCUT2D eigenvalue weighted by Crippen LogP contribution is 2.26. The molecule has 0 aliphatic carbocycles. The number of benzene rings is 2. The Morgan fingerprint density at radius 2 is 1.42 bits per heavy atom.